The SMILES string of the molecule is CCCCCCCCCCCCCCCCCCCc1cc[n+](CCCCc2ccccc2)cc1. The van der Waals surface area contributed by atoms with Crippen molar-refractivity contribution < 1.29 is 4.57 Å². The first-order chi connectivity index (χ1) is 17.4. The van der Waals surface area contributed by atoms with Gasteiger partial charge >= 0.3 is 0 Å². The molecule has 0 saturated carbocycles. The first kappa shape index (κ1) is 29.6. The number of rotatable bonds is 23. The lowest BCUT2D eigenvalue weighted by Gasteiger charge is -2.04. The number of hydrogen-bond donors (Lipinski definition) is 0. The Balaban J connectivity index is 1.33. The van der Waals surface area contributed by atoms with Crippen molar-refractivity contribution in [2.75, 3.05) is 0 Å². The number of pyridine rings is 1. The Morgan fingerprint density at radius 1 is 0.429 bits per heavy atom. The molecule has 0 amide bonds. The fourth-order valence-electron chi connectivity index (χ4n) is 5.13. The van der Waals surface area contributed by atoms with E-state index in [9.17, 15) is 0 Å². The number of aryl methyl sites for hydroxylation is 3. The summed E-state index contributed by atoms with van der Waals surface area (Å²) >= 11 is 0. The molecule has 0 atom stereocenters. The van der Waals surface area contributed by atoms with Crippen molar-refractivity contribution >= 4 is 0 Å². The summed E-state index contributed by atoms with van der Waals surface area (Å²) in [6.07, 6.45) is 34.1. The molecular formula is C34H56N+. The van der Waals surface area contributed by atoms with Crippen molar-refractivity contribution in [3.05, 3.63) is 66.0 Å². The summed E-state index contributed by atoms with van der Waals surface area (Å²) in [4.78, 5) is 0. The second kappa shape index (κ2) is 21.6. The van der Waals surface area contributed by atoms with Gasteiger partial charge in [-0.3, -0.25) is 0 Å². The monoisotopic (exact) mass is 478 g/mol. The fourth-order valence-corrected chi connectivity index (χ4v) is 5.13. The van der Waals surface area contributed by atoms with Gasteiger partial charge in [-0.1, -0.05) is 140 Å². The summed E-state index contributed by atoms with van der Waals surface area (Å²) in [7, 11) is 0. The highest BCUT2D eigenvalue weighted by Crippen LogP contribution is 2.14. The van der Waals surface area contributed by atoms with Gasteiger partial charge in [-0.2, -0.15) is 0 Å². The molecule has 1 aromatic carbocycles. The summed E-state index contributed by atoms with van der Waals surface area (Å²) in [6.45, 7) is 3.43. The quantitative estimate of drug-likeness (QED) is 0.110. The Morgan fingerprint density at radius 2 is 0.829 bits per heavy atom. The predicted octanol–water partition coefficient (Wildman–Crippen LogP) is 10.2. The maximum Gasteiger partial charge on any atom is 0.169 e. The molecule has 0 saturated heterocycles. The first-order valence-corrected chi connectivity index (χ1v) is 15.4. The highest BCUT2D eigenvalue weighted by molar-refractivity contribution is 5.14. The van der Waals surface area contributed by atoms with Crippen LogP contribution in [0.2, 0.25) is 0 Å². The van der Waals surface area contributed by atoms with Crippen LogP contribution in [-0.2, 0) is 19.4 Å². The van der Waals surface area contributed by atoms with Crippen LogP contribution < -0.4 is 4.57 Å². The van der Waals surface area contributed by atoms with Crippen molar-refractivity contribution in [1.29, 1.82) is 0 Å². The van der Waals surface area contributed by atoms with E-state index in [1.807, 2.05) is 0 Å². The molecule has 0 aliphatic carbocycles. The predicted molar refractivity (Wildman–Crippen MR) is 154 cm³/mol. The van der Waals surface area contributed by atoms with Gasteiger partial charge in [-0.15, -0.1) is 0 Å². The lowest BCUT2D eigenvalue weighted by Crippen LogP contribution is -2.32. The third-order valence-electron chi connectivity index (χ3n) is 7.50. The molecule has 1 heteroatoms. The van der Waals surface area contributed by atoms with Crippen LogP contribution in [0.25, 0.3) is 0 Å². The van der Waals surface area contributed by atoms with Crippen molar-refractivity contribution in [3.8, 4) is 0 Å². The Hall–Kier alpha value is -1.63. The van der Waals surface area contributed by atoms with Gasteiger partial charge in [0.15, 0.2) is 12.4 Å². The van der Waals surface area contributed by atoms with Crippen LogP contribution >= 0.6 is 0 Å². The molecule has 0 radical (unpaired) electrons. The van der Waals surface area contributed by atoms with Crippen molar-refractivity contribution in [2.24, 2.45) is 0 Å². The zero-order chi connectivity index (χ0) is 24.7. The lowest BCUT2D eigenvalue weighted by atomic mass is 10.0. The standard InChI is InChI=1S/C34H56N/c1-2-3-4-5-6-7-8-9-10-11-12-13-14-15-16-17-19-26-34-28-31-35(32-29-34)30-23-22-27-33-24-20-18-21-25-33/h18,20-21,24-25,28-29,31-32H,2-17,19,22-23,26-27,30H2,1H3/q+1. The normalized spacial score (nSPS) is 11.2. The highest BCUT2D eigenvalue weighted by atomic mass is 14.9. The Kier molecular flexibility index (Phi) is 18.3. The highest BCUT2D eigenvalue weighted by Gasteiger charge is 2.02. The first-order valence-electron chi connectivity index (χ1n) is 15.4. The van der Waals surface area contributed by atoms with Crippen LogP contribution in [0.1, 0.15) is 140 Å². The summed E-state index contributed by atoms with van der Waals surface area (Å²) in [5.41, 5.74) is 2.97. The van der Waals surface area contributed by atoms with Crippen molar-refractivity contribution in [1.82, 2.24) is 0 Å². The molecule has 0 bridgehead atoms. The molecule has 35 heavy (non-hydrogen) atoms. The lowest BCUT2D eigenvalue weighted by molar-refractivity contribution is -0.697. The largest absolute Gasteiger partial charge is 0.205 e. The molecule has 2 rings (SSSR count). The minimum Gasteiger partial charge on any atom is -0.205 e. The van der Waals surface area contributed by atoms with E-state index in [1.54, 1.807) is 0 Å². The van der Waals surface area contributed by atoms with Crippen LogP contribution in [0.4, 0.5) is 0 Å². The van der Waals surface area contributed by atoms with Crippen molar-refractivity contribution in [3.63, 3.8) is 0 Å². The zero-order valence-electron chi connectivity index (χ0n) is 23.2. The van der Waals surface area contributed by atoms with Gasteiger partial charge in [0.05, 0.1) is 0 Å². The molecule has 1 nitrogen and oxygen atoms in total. The van der Waals surface area contributed by atoms with E-state index in [0.717, 1.165) is 6.54 Å². The van der Waals surface area contributed by atoms with E-state index in [4.69, 9.17) is 0 Å². The maximum absolute atomic E-state index is 2.35. The van der Waals surface area contributed by atoms with Crippen LogP contribution in [0.3, 0.4) is 0 Å². The third-order valence-corrected chi connectivity index (χ3v) is 7.50. The molecule has 0 aliphatic rings. The number of unbranched alkanes of at least 4 members (excludes halogenated alkanes) is 17. The van der Waals surface area contributed by atoms with Gasteiger partial charge in [0.1, 0.15) is 6.54 Å². The molecule has 1 heterocycles. The van der Waals surface area contributed by atoms with E-state index >= 15 is 0 Å². The molecule has 2 aromatic rings. The molecule has 0 unspecified atom stereocenters. The number of aromatic nitrogens is 1. The summed E-state index contributed by atoms with van der Waals surface area (Å²) in [5.74, 6) is 0. The summed E-state index contributed by atoms with van der Waals surface area (Å²) in [6, 6.07) is 15.5. The van der Waals surface area contributed by atoms with Gasteiger partial charge in [-0.05, 0) is 36.8 Å². The topological polar surface area (TPSA) is 3.88 Å². The molecular weight excluding hydrogens is 422 g/mol. The Labute approximate surface area is 218 Å². The number of hydrogen-bond acceptors (Lipinski definition) is 0. The molecule has 0 fully saturated rings. The van der Waals surface area contributed by atoms with Crippen LogP contribution in [0, 0.1) is 0 Å². The van der Waals surface area contributed by atoms with Gasteiger partial charge in [-0.25, -0.2) is 4.57 Å². The van der Waals surface area contributed by atoms with E-state index < -0.39 is 0 Å². The Bertz CT molecular complexity index is 690. The van der Waals surface area contributed by atoms with Gasteiger partial charge in [0.2, 0.25) is 0 Å². The van der Waals surface area contributed by atoms with E-state index in [-0.39, 0.29) is 0 Å². The van der Waals surface area contributed by atoms with Crippen LogP contribution in [0.15, 0.2) is 54.9 Å². The number of nitrogens with zero attached hydrogens (tertiary/aromatic N) is 1. The molecule has 0 N–H and O–H groups in total. The zero-order valence-corrected chi connectivity index (χ0v) is 23.2. The number of benzene rings is 1. The minimum absolute atomic E-state index is 1.13. The average molecular weight is 479 g/mol. The van der Waals surface area contributed by atoms with Gasteiger partial charge < -0.3 is 0 Å². The second-order valence-electron chi connectivity index (χ2n) is 10.8. The third kappa shape index (κ3) is 16.6. The van der Waals surface area contributed by atoms with Gasteiger partial charge in [0.25, 0.3) is 0 Å². The summed E-state index contributed by atoms with van der Waals surface area (Å²) < 4.78 is 2.35. The maximum atomic E-state index is 2.35. The molecule has 196 valence electrons. The van der Waals surface area contributed by atoms with Crippen LogP contribution in [0.5, 0.6) is 0 Å². The second-order valence-corrected chi connectivity index (χ2v) is 10.8. The molecule has 0 spiro atoms. The Morgan fingerprint density at radius 3 is 1.31 bits per heavy atom. The molecule has 0 aliphatic heterocycles. The van der Waals surface area contributed by atoms with Crippen molar-refractivity contribution in [2.45, 2.75) is 148 Å². The average Bonchev–Trinajstić information content (AvgIpc) is 2.90. The van der Waals surface area contributed by atoms with Gasteiger partial charge in [0, 0.05) is 18.6 Å². The van der Waals surface area contributed by atoms with Crippen LogP contribution in [-0.4, -0.2) is 0 Å². The fraction of sp³-hybridized carbons (Fsp3) is 0.676. The van der Waals surface area contributed by atoms with E-state index in [2.05, 4.69) is 66.3 Å². The smallest absolute Gasteiger partial charge is 0.169 e. The van der Waals surface area contributed by atoms with E-state index in [1.165, 1.54) is 146 Å². The molecule has 1 aromatic heterocycles. The van der Waals surface area contributed by atoms with E-state index in [0.29, 0.717) is 0 Å². The summed E-state index contributed by atoms with van der Waals surface area (Å²) in [5, 5.41) is 0. The minimum atomic E-state index is 1.13.